The van der Waals surface area contributed by atoms with E-state index in [0.29, 0.717) is 6.61 Å². The fraction of sp³-hybridized carbons (Fsp3) is 0.500. The molecule has 3 heteroatoms. The van der Waals surface area contributed by atoms with E-state index in [1.807, 2.05) is 6.07 Å². The number of fused-ring (bicyclic) bond motifs is 1. The highest BCUT2D eigenvalue weighted by Gasteiger charge is 2.22. The van der Waals surface area contributed by atoms with E-state index in [2.05, 4.69) is 0 Å². The molecule has 60 valence electrons. The molecule has 0 spiro atoms. The molecular formula is C8H10O3. The highest BCUT2D eigenvalue weighted by molar-refractivity contribution is 5.20. The lowest BCUT2D eigenvalue weighted by Gasteiger charge is -2.20. The average molecular weight is 154 g/mol. The number of hydrogen-bond donors (Lipinski definition) is 0. The maximum absolute atomic E-state index is 5.33. The second kappa shape index (κ2) is 2.68. The van der Waals surface area contributed by atoms with E-state index in [9.17, 15) is 0 Å². The van der Waals surface area contributed by atoms with Crippen LogP contribution in [-0.2, 0) is 15.9 Å². The summed E-state index contributed by atoms with van der Waals surface area (Å²) in [4.78, 5) is 0. The average Bonchev–Trinajstić information content (AvgIpc) is 2.50. The molecule has 2 rings (SSSR count). The Kier molecular flexibility index (Phi) is 1.68. The summed E-state index contributed by atoms with van der Waals surface area (Å²) < 4.78 is 15.7. The monoisotopic (exact) mass is 154 g/mol. The van der Waals surface area contributed by atoms with Gasteiger partial charge in [-0.15, -0.1) is 0 Å². The predicted molar refractivity (Wildman–Crippen MR) is 38.1 cm³/mol. The van der Waals surface area contributed by atoms with Crippen LogP contribution >= 0.6 is 0 Å². The fourth-order valence-corrected chi connectivity index (χ4v) is 1.31. The number of hydrogen-bond acceptors (Lipinski definition) is 3. The van der Waals surface area contributed by atoms with Crippen molar-refractivity contribution in [3.63, 3.8) is 0 Å². The molecule has 0 amide bonds. The maximum atomic E-state index is 5.33. The van der Waals surface area contributed by atoms with E-state index < -0.39 is 0 Å². The first-order valence-corrected chi connectivity index (χ1v) is 3.62. The van der Waals surface area contributed by atoms with Crippen LogP contribution in [0.5, 0.6) is 0 Å². The van der Waals surface area contributed by atoms with Gasteiger partial charge in [0.2, 0.25) is 0 Å². The van der Waals surface area contributed by atoms with Crippen LogP contribution in [0.15, 0.2) is 16.7 Å². The van der Waals surface area contributed by atoms with Crippen LogP contribution in [0.1, 0.15) is 17.6 Å². The Labute approximate surface area is 64.9 Å². The minimum Gasteiger partial charge on any atom is -0.469 e. The lowest BCUT2D eigenvalue weighted by molar-refractivity contribution is -0.136. The Bertz CT molecular complexity index is 241. The summed E-state index contributed by atoms with van der Waals surface area (Å²) in [6, 6.07) is 1.89. The number of rotatable bonds is 1. The van der Waals surface area contributed by atoms with Crippen molar-refractivity contribution in [1.29, 1.82) is 0 Å². The Morgan fingerprint density at radius 3 is 3.36 bits per heavy atom. The second-order valence-corrected chi connectivity index (χ2v) is 2.49. The molecular weight excluding hydrogens is 144 g/mol. The summed E-state index contributed by atoms with van der Waals surface area (Å²) in [5.74, 6) is 0.989. The van der Waals surface area contributed by atoms with Gasteiger partial charge >= 0.3 is 0 Å². The first-order valence-electron chi connectivity index (χ1n) is 3.62. The van der Waals surface area contributed by atoms with E-state index >= 15 is 0 Å². The number of ether oxygens (including phenoxy) is 2. The molecule has 1 unspecified atom stereocenters. The highest BCUT2D eigenvalue weighted by Crippen LogP contribution is 2.27. The minimum atomic E-state index is -0.225. The van der Waals surface area contributed by atoms with Crippen LogP contribution in [0.4, 0.5) is 0 Å². The van der Waals surface area contributed by atoms with E-state index in [0.717, 1.165) is 17.7 Å². The van der Waals surface area contributed by atoms with Crippen molar-refractivity contribution in [2.75, 3.05) is 13.7 Å². The van der Waals surface area contributed by atoms with Gasteiger partial charge < -0.3 is 13.9 Å². The minimum absolute atomic E-state index is 0.225. The van der Waals surface area contributed by atoms with Gasteiger partial charge in [0.25, 0.3) is 0 Å². The summed E-state index contributed by atoms with van der Waals surface area (Å²) in [5.41, 5.74) is 1.03. The molecule has 1 aliphatic heterocycles. The zero-order valence-corrected chi connectivity index (χ0v) is 6.37. The SMILES string of the molecule is COC1OCCc2occc21. The lowest BCUT2D eigenvalue weighted by atomic mass is 10.1. The summed E-state index contributed by atoms with van der Waals surface area (Å²) >= 11 is 0. The van der Waals surface area contributed by atoms with Gasteiger partial charge in [-0.2, -0.15) is 0 Å². The molecule has 1 aromatic rings. The molecule has 3 nitrogen and oxygen atoms in total. The molecule has 0 radical (unpaired) electrons. The number of methoxy groups -OCH3 is 1. The third-order valence-electron chi connectivity index (χ3n) is 1.85. The van der Waals surface area contributed by atoms with E-state index in [1.165, 1.54) is 0 Å². The Hall–Kier alpha value is -0.800. The van der Waals surface area contributed by atoms with Gasteiger partial charge in [-0.25, -0.2) is 0 Å². The van der Waals surface area contributed by atoms with Gasteiger partial charge in [-0.05, 0) is 6.07 Å². The van der Waals surface area contributed by atoms with Crippen molar-refractivity contribution in [3.8, 4) is 0 Å². The van der Waals surface area contributed by atoms with Crippen LogP contribution in [0.2, 0.25) is 0 Å². The zero-order chi connectivity index (χ0) is 7.68. The van der Waals surface area contributed by atoms with Crippen molar-refractivity contribution in [1.82, 2.24) is 0 Å². The predicted octanol–water partition coefficient (Wildman–Crippen LogP) is 1.50. The smallest absolute Gasteiger partial charge is 0.186 e. The normalized spacial score (nSPS) is 23.2. The molecule has 0 aromatic carbocycles. The largest absolute Gasteiger partial charge is 0.469 e. The Balaban J connectivity index is 2.32. The van der Waals surface area contributed by atoms with Crippen molar-refractivity contribution in [2.24, 2.45) is 0 Å². The summed E-state index contributed by atoms with van der Waals surface area (Å²) in [6.45, 7) is 0.680. The van der Waals surface area contributed by atoms with Crippen molar-refractivity contribution in [3.05, 3.63) is 23.7 Å². The maximum Gasteiger partial charge on any atom is 0.186 e. The summed E-state index contributed by atoms with van der Waals surface area (Å²) in [6.07, 6.45) is 2.30. The van der Waals surface area contributed by atoms with Crippen molar-refractivity contribution >= 4 is 0 Å². The molecule has 0 bridgehead atoms. The molecule has 1 atom stereocenters. The van der Waals surface area contributed by atoms with Gasteiger partial charge in [-0.3, -0.25) is 0 Å². The summed E-state index contributed by atoms with van der Waals surface area (Å²) in [7, 11) is 1.63. The molecule has 2 heterocycles. The van der Waals surface area contributed by atoms with Gasteiger partial charge in [-0.1, -0.05) is 0 Å². The van der Waals surface area contributed by atoms with E-state index in [-0.39, 0.29) is 6.29 Å². The van der Waals surface area contributed by atoms with Crippen LogP contribution in [0, 0.1) is 0 Å². The second-order valence-electron chi connectivity index (χ2n) is 2.49. The first-order chi connectivity index (χ1) is 5.42. The Morgan fingerprint density at radius 2 is 2.55 bits per heavy atom. The van der Waals surface area contributed by atoms with Crippen LogP contribution in [0.3, 0.4) is 0 Å². The van der Waals surface area contributed by atoms with Crippen molar-refractivity contribution in [2.45, 2.75) is 12.7 Å². The van der Waals surface area contributed by atoms with Crippen LogP contribution < -0.4 is 0 Å². The third kappa shape index (κ3) is 1.06. The quantitative estimate of drug-likeness (QED) is 0.614. The molecule has 11 heavy (non-hydrogen) atoms. The topological polar surface area (TPSA) is 31.6 Å². The van der Waals surface area contributed by atoms with Gasteiger partial charge in [0.1, 0.15) is 5.76 Å². The standard InChI is InChI=1S/C8H10O3/c1-9-8-6-2-4-10-7(6)3-5-11-8/h2,4,8H,3,5H2,1H3. The zero-order valence-electron chi connectivity index (χ0n) is 6.37. The first kappa shape index (κ1) is 6.88. The fourth-order valence-electron chi connectivity index (χ4n) is 1.31. The molecule has 0 saturated heterocycles. The molecule has 0 aliphatic carbocycles. The highest BCUT2D eigenvalue weighted by atomic mass is 16.7. The van der Waals surface area contributed by atoms with Crippen LogP contribution in [0.25, 0.3) is 0 Å². The molecule has 0 saturated carbocycles. The third-order valence-corrected chi connectivity index (χ3v) is 1.85. The summed E-state index contributed by atoms with van der Waals surface area (Å²) in [5, 5.41) is 0. The van der Waals surface area contributed by atoms with E-state index in [4.69, 9.17) is 13.9 Å². The molecule has 0 fully saturated rings. The van der Waals surface area contributed by atoms with Gasteiger partial charge in [0, 0.05) is 19.1 Å². The van der Waals surface area contributed by atoms with Crippen molar-refractivity contribution < 1.29 is 13.9 Å². The van der Waals surface area contributed by atoms with Crippen LogP contribution in [-0.4, -0.2) is 13.7 Å². The van der Waals surface area contributed by atoms with E-state index in [1.54, 1.807) is 13.4 Å². The lowest BCUT2D eigenvalue weighted by Crippen LogP contribution is -2.15. The molecule has 1 aromatic heterocycles. The molecule has 0 N–H and O–H groups in total. The molecule has 1 aliphatic rings. The van der Waals surface area contributed by atoms with Gasteiger partial charge in [0.15, 0.2) is 6.29 Å². The Morgan fingerprint density at radius 1 is 1.64 bits per heavy atom. The van der Waals surface area contributed by atoms with Gasteiger partial charge in [0.05, 0.1) is 12.9 Å². The number of furan rings is 1.